The topological polar surface area (TPSA) is 67.3 Å². The summed E-state index contributed by atoms with van der Waals surface area (Å²) in [7, 11) is 0. The monoisotopic (exact) mass is 412 g/mol. The van der Waals surface area contributed by atoms with E-state index in [1.165, 1.54) is 0 Å². The Kier molecular flexibility index (Phi) is 5.49. The van der Waals surface area contributed by atoms with Gasteiger partial charge < -0.3 is 15.0 Å². The van der Waals surface area contributed by atoms with Crippen molar-refractivity contribution in [3.63, 3.8) is 0 Å². The fraction of sp³-hybridized carbons (Fsp3) is 0.522. The average Bonchev–Trinajstić information content (AvgIpc) is 2.69. The molecule has 2 amide bonds. The summed E-state index contributed by atoms with van der Waals surface area (Å²) in [6.07, 6.45) is 5.27. The van der Waals surface area contributed by atoms with Gasteiger partial charge in [0.1, 0.15) is 0 Å². The van der Waals surface area contributed by atoms with Crippen LogP contribution in [0.25, 0.3) is 11.4 Å². The first-order valence-corrected chi connectivity index (χ1v) is 10.6. The van der Waals surface area contributed by atoms with Crippen molar-refractivity contribution < 1.29 is 13.9 Å². The molecule has 4 atom stereocenters. The number of hydrogen-bond acceptors (Lipinski definition) is 4. The van der Waals surface area contributed by atoms with Crippen LogP contribution in [0.15, 0.2) is 30.6 Å². The predicted octanol–water partition coefficient (Wildman–Crippen LogP) is 4.79. The number of carbonyl (C=O) groups excluding carboxylic acids is 1. The fourth-order valence-corrected chi connectivity index (χ4v) is 5.25. The zero-order chi connectivity index (χ0) is 21.5. The van der Waals surface area contributed by atoms with Crippen molar-refractivity contribution in [3.8, 4) is 11.4 Å². The Hall–Kier alpha value is -2.54. The number of piperidine rings is 1. The standard InChI is InChI=1S/C23H29FN4O2/c1-5-30-16(4)23-10-14(2)8-19(11-23)28(23)22(29)27-18-7-6-15(3)20(9-18)21-25-12-17(24)13-26-21/h6-7,9,12-14,16,19H,5,8,10-11H2,1-4H3,(H,27,29)/t14-,16?,19-,23+/m1/s1. The molecule has 1 N–H and O–H groups in total. The Morgan fingerprint density at radius 3 is 2.80 bits per heavy atom. The number of nitrogens with zero attached hydrogens (tertiary/aromatic N) is 3. The molecule has 0 radical (unpaired) electrons. The number of rotatable bonds is 5. The van der Waals surface area contributed by atoms with Gasteiger partial charge in [0, 0.05) is 23.9 Å². The molecule has 2 aliphatic rings. The summed E-state index contributed by atoms with van der Waals surface area (Å²) in [5.74, 6) is 0.534. The van der Waals surface area contributed by atoms with Crippen molar-refractivity contribution in [1.82, 2.24) is 14.9 Å². The molecule has 4 rings (SSSR count). The lowest BCUT2D eigenvalue weighted by Crippen LogP contribution is -2.76. The van der Waals surface area contributed by atoms with Crippen molar-refractivity contribution in [3.05, 3.63) is 42.0 Å². The molecule has 1 saturated carbocycles. The third kappa shape index (κ3) is 3.55. The summed E-state index contributed by atoms with van der Waals surface area (Å²) < 4.78 is 19.1. The number of aryl methyl sites for hydroxylation is 1. The first-order chi connectivity index (χ1) is 14.3. The number of likely N-dealkylation sites (tertiary alicyclic amines) is 1. The highest BCUT2D eigenvalue weighted by Crippen LogP contribution is 2.52. The van der Waals surface area contributed by atoms with Gasteiger partial charge >= 0.3 is 6.03 Å². The molecule has 6 nitrogen and oxygen atoms in total. The van der Waals surface area contributed by atoms with Gasteiger partial charge in [0.05, 0.1) is 24.0 Å². The predicted molar refractivity (Wildman–Crippen MR) is 114 cm³/mol. The molecule has 30 heavy (non-hydrogen) atoms. The molecule has 2 fully saturated rings. The van der Waals surface area contributed by atoms with Crippen molar-refractivity contribution in [2.24, 2.45) is 5.92 Å². The van der Waals surface area contributed by atoms with Crippen LogP contribution in [-0.4, -0.2) is 45.2 Å². The zero-order valence-electron chi connectivity index (χ0n) is 18.0. The molecule has 2 aromatic rings. The zero-order valence-corrected chi connectivity index (χ0v) is 18.0. The lowest BCUT2D eigenvalue weighted by molar-refractivity contribution is -0.162. The Labute approximate surface area is 176 Å². The first-order valence-electron chi connectivity index (χ1n) is 10.6. The molecule has 1 aliphatic heterocycles. The minimum Gasteiger partial charge on any atom is -0.376 e. The quantitative estimate of drug-likeness (QED) is 0.767. The van der Waals surface area contributed by atoms with Gasteiger partial charge in [-0.25, -0.2) is 19.2 Å². The highest BCUT2D eigenvalue weighted by molar-refractivity contribution is 5.92. The number of nitrogens with one attached hydrogen (secondary N) is 1. The molecular formula is C23H29FN4O2. The highest BCUT2D eigenvalue weighted by Gasteiger charge is 2.61. The summed E-state index contributed by atoms with van der Waals surface area (Å²) in [6.45, 7) is 8.90. The summed E-state index contributed by atoms with van der Waals surface area (Å²) >= 11 is 0. The van der Waals surface area contributed by atoms with E-state index in [9.17, 15) is 9.18 Å². The number of hydrogen-bond donors (Lipinski definition) is 1. The van der Waals surface area contributed by atoms with Crippen LogP contribution < -0.4 is 5.32 Å². The van der Waals surface area contributed by atoms with E-state index in [2.05, 4.69) is 29.1 Å². The third-order valence-corrected chi connectivity index (χ3v) is 6.55. The average molecular weight is 413 g/mol. The van der Waals surface area contributed by atoms with E-state index in [-0.39, 0.29) is 23.7 Å². The number of benzene rings is 1. The summed E-state index contributed by atoms with van der Waals surface area (Å²) in [5, 5.41) is 3.06. The largest absolute Gasteiger partial charge is 0.376 e. The lowest BCUT2D eigenvalue weighted by Gasteiger charge is -2.65. The van der Waals surface area contributed by atoms with Crippen molar-refractivity contribution in [1.29, 1.82) is 0 Å². The molecular weight excluding hydrogens is 383 g/mol. The maximum atomic E-state index is 13.3. The van der Waals surface area contributed by atoms with E-state index in [4.69, 9.17) is 4.74 Å². The minimum atomic E-state index is -0.479. The highest BCUT2D eigenvalue weighted by atomic mass is 19.1. The van der Waals surface area contributed by atoms with Crippen LogP contribution in [0, 0.1) is 18.7 Å². The van der Waals surface area contributed by atoms with Gasteiger partial charge in [0.25, 0.3) is 0 Å². The van der Waals surface area contributed by atoms with E-state index in [0.29, 0.717) is 24.0 Å². The van der Waals surface area contributed by atoms with E-state index >= 15 is 0 Å². The van der Waals surface area contributed by atoms with Crippen molar-refractivity contribution >= 4 is 11.7 Å². The molecule has 2 heterocycles. The Balaban J connectivity index is 1.56. The van der Waals surface area contributed by atoms with Crippen LogP contribution in [-0.2, 0) is 4.74 Å². The molecule has 1 unspecified atom stereocenters. The molecule has 1 aromatic heterocycles. The SMILES string of the molecule is CCOC(C)[C@]12C[C@H](C)C[C@H](C1)N2C(=O)Nc1ccc(C)c(-c2ncc(F)cn2)c1. The Morgan fingerprint density at radius 1 is 1.37 bits per heavy atom. The Morgan fingerprint density at radius 2 is 2.10 bits per heavy atom. The summed E-state index contributed by atoms with van der Waals surface area (Å²) in [5.41, 5.74) is 2.15. The molecule has 1 aromatic carbocycles. The first kappa shape index (κ1) is 20.7. The van der Waals surface area contributed by atoms with Crippen LogP contribution >= 0.6 is 0 Å². The van der Waals surface area contributed by atoms with Crippen molar-refractivity contribution in [2.45, 2.75) is 64.6 Å². The molecule has 1 saturated heterocycles. The Bertz CT molecular complexity index is 935. The number of carbonyl (C=O) groups is 1. The van der Waals surface area contributed by atoms with E-state index in [1.54, 1.807) is 0 Å². The smallest absolute Gasteiger partial charge is 0.322 e. The third-order valence-electron chi connectivity index (χ3n) is 6.55. The second kappa shape index (κ2) is 7.95. The van der Waals surface area contributed by atoms with Crippen LogP contribution in [0.3, 0.4) is 0 Å². The van der Waals surface area contributed by atoms with Crippen LogP contribution in [0.5, 0.6) is 0 Å². The lowest BCUT2D eigenvalue weighted by atomic mass is 9.62. The fourth-order valence-electron chi connectivity index (χ4n) is 5.25. The van der Waals surface area contributed by atoms with Gasteiger partial charge in [0.15, 0.2) is 11.6 Å². The van der Waals surface area contributed by atoms with Crippen molar-refractivity contribution in [2.75, 3.05) is 11.9 Å². The van der Waals surface area contributed by atoms with Crippen LogP contribution in [0.4, 0.5) is 14.9 Å². The second-order valence-corrected chi connectivity index (χ2v) is 8.66. The maximum absolute atomic E-state index is 13.3. The van der Waals surface area contributed by atoms with Crippen LogP contribution in [0.1, 0.15) is 45.6 Å². The van der Waals surface area contributed by atoms with E-state index in [1.807, 2.05) is 36.9 Å². The van der Waals surface area contributed by atoms with Gasteiger partial charge in [-0.05, 0) is 63.6 Å². The van der Waals surface area contributed by atoms with E-state index in [0.717, 1.165) is 42.8 Å². The molecule has 1 aliphatic carbocycles. The van der Waals surface area contributed by atoms with Gasteiger partial charge in [-0.2, -0.15) is 0 Å². The number of urea groups is 1. The summed E-state index contributed by atoms with van der Waals surface area (Å²) in [6, 6.07) is 5.78. The van der Waals surface area contributed by atoms with E-state index < -0.39 is 5.82 Å². The number of aromatic nitrogens is 2. The number of anilines is 1. The summed E-state index contributed by atoms with van der Waals surface area (Å²) in [4.78, 5) is 23.4. The molecule has 0 spiro atoms. The molecule has 7 heteroatoms. The number of ether oxygens (including phenoxy) is 1. The number of amides is 2. The number of halogens is 1. The van der Waals surface area contributed by atoms with Crippen LogP contribution in [0.2, 0.25) is 0 Å². The van der Waals surface area contributed by atoms with Gasteiger partial charge in [-0.15, -0.1) is 0 Å². The molecule has 2 bridgehead atoms. The maximum Gasteiger partial charge on any atom is 0.322 e. The minimum absolute atomic E-state index is 0.00607. The number of fused-ring (bicyclic) bond motifs is 2. The second-order valence-electron chi connectivity index (χ2n) is 8.66. The molecule has 160 valence electrons. The van der Waals surface area contributed by atoms with Gasteiger partial charge in [-0.3, -0.25) is 0 Å². The van der Waals surface area contributed by atoms with Gasteiger partial charge in [-0.1, -0.05) is 13.0 Å². The normalized spacial score (nSPS) is 26.1. The van der Waals surface area contributed by atoms with Gasteiger partial charge in [0.2, 0.25) is 0 Å².